The lowest BCUT2D eigenvalue weighted by atomic mass is 10.0. The van der Waals surface area contributed by atoms with Crippen LogP contribution in [0.25, 0.3) is 0 Å². The molecule has 21 heavy (non-hydrogen) atoms. The number of benzene rings is 2. The molecule has 0 fully saturated rings. The number of hydrogen-bond acceptors (Lipinski definition) is 4. The first-order valence-corrected chi connectivity index (χ1v) is 8.05. The highest BCUT2D eigenvalue weighted by molar-refractivity contribution is 7.86. The van der Waals surface area contributed by atoms with E-state index in [2.05, 4.69) is 0 Å². The highest BCUT2D eigenvalue weighted by Crippen LogP contribution is 2.19. The summed E-state index contributed by atoms with van der Waals surface area (Å²) in [6.45, 7) is 1.62. The Labute approximate surface area is 125 Å². The van der Waals surface area contributed by atoms with Crippen LogP contribution in [0.2, 0.25) is 0 Å². The average Bonchev–Trinajstić information content (AvgIpc) is 2.49. The summed E-state index contributed by atoms with van der Waals surface area (Å²) in [4.78, 5) is 0.123. The SMILES string of the molecule is Cc1ccc(S(=O)(=O)OC[C@@H](CO)c2ccccc2)cc1. The lowest BCUT2D eigenvalue weighted by Gasteiger charge is -2.14. The van der Waals surface area contributed by atoms with Crippen LogP contribution in [-0.2, 0) is 14.3 Å². The van der Waals surface area contributed by atoms with Crippen molar-refractivity contribution < 1.29 is 17.7 Å². The molecular formula is C16H18O4S. The van der Waals surface area contributed by atoms with Crippen LogP contribution in [0.4, 0.5) is 0 Å². The Bertz CT molecular complexity index is 663. The molecule has 0 saturated heterocycles. The molecule has 0 saturated carbocycles. The van der Waals surface area contributed by atoms with E-state index in [0.717, 1.165) is 11.1 Å². The van der Waals surface area contributed by atoms with Gasteiger partial charge < -0.3 is 5.11 Å². The van der Waals surface area contributed by atoms with Gasteiger partial charge >= 0.3 is 0 Å². The first-order chi connectivity index (χ1) is 10.0. The molecule has 0 bridgehead atoms. The largest absolute Gasteiger partial charge is 0.396 e. The topological polar surface area (TPSA) is 63.6 Å². The molecule has 5 heteroatoms. The first-order valence-electron chi connectivity index (χ1n) is 6.65. The van der Waals surface area contributed by atoms with Crippen molar-refractivity contribution in [2.24, 2.45) is 0 Å². The van der Waals surface area contributed by atoms with Gasteiger partial charge in [0, 0.05) is 5.92 Å². The van der Waals surface area contributed by atoms with E-state index >= 15 is 0 Å². The lowest BCUT2D eigenvalue weighted by Crippen LogP contribution is -2.16. The standard InChI is InChI=1S/C16H18O4S/c1-13-7-9-16(10-8-13)21(18,19)20-12-15(11-17)14-5-3-2-4-6-14/h2-10,15,17H,11-12H2,1H3/t15-/m1/s1. The smallest absolute Gasteiger partial charge is 0.296 e. The normalized spacial score (nSPS) is 13.0. The number of aliphatic hydroxyl groups is 1. The summed E-state index contributed by atoms with van der Waals surface area (Å²) in [6, 6.07) is 15.7. The molecule has 1 atom stereocenters. The summed E-state index contributed by atoms with van der Waals surface area (Å²) in [5, 5.41) is 9.41. The van der Waals surface area contributed by atoms with Gasteiger partial charge in [0.15, 0.2) is 0 Å². The molecule has 2 rings (SSSR count). The van der Waals surface area contributed by atoms with Gasteiger partial charge in [-0.2, -0.15) is 8.42 Å². The Kier molecular flexibility index (Phi) is 5.12. The van der Waals surface area contributed by atoms with Crippen molar-refractivity contribution in [3.05, 3.63) is 65.7 Å². The molecule has 0 unspecified atom stereocenters. The van der Waals surface area contributed by atoms with Gasteiger partial charge in [-0.05, 0) is 24.6 Å². The molecule has 112 valence electrons. The van der Waals surface area contributed by atoms with E-state index in [1.807, 2.05) is 37.3 Å². The molecule has 2 aromatic carbocycles. The highest BCUT2D eigenvalue weighted by atomic mass is 32.2. The number of aryl methyl sites for hydroxylation is 1. The number of hydrogen-bond donors (Lipinski definition) is 1. The maximum atomic E-state index is 12.1. The van der Waals surface area contributed by atoms with Crippen molar-refractivity contribution in [3.63, 3.8) is 0 Å². The molecule has 4 nitrogen and oxygen atoms in total. The lowest BCUT2D eigenvalue weighted by molar-refractivity contribution is 0.208. The summed E-state index contributed by atoms with van der Waals surface area (Å²) in [7, 11) is -3.80. The Balaban J connectivity index is 2.08. The van der Waals surface area contributed by atoms with Crippen molar-refractivity contribution >= 4 is 10.1 Å². The molecule has 0 spiro atoms. The van der Waals surface area contributed by atoms with Gasteiger partial charge in [0.1, 0.15) is 0 Å². The second-order valence-electron chi connectivity index (χ2n) is 4.84. The zero-order valence-electron chi connectivity index (χ0n) is 11.8. The fourth-order valence-corrected chi connectivity index (χ4v) is 2.87. The van der Waals surface area contributed by atoms with Crippen LogP contribution in [0.1, 0.15) is 17.0 Å². The van der Waals surface area contributed by atoms with Gasteiger partial charge in [0.2, 0.25) is 0 Å². The van der Waals surface area contributed by atoms with E-state index in [1.54, 1.807) is 12.1 Å². The van der Waals surface area contributed by atoms with Crippen LogP contribution in [-0.4, -0.2) is 26.7 Å². The summed E-state index contributed by atoms with van der Waals surface area (Å²) >= 11 is 0. The monoisotopic (exact) mass is 306 g/mol. The second kappa shape index (κ2) is 6.85. The van der Waals surface area contributed by atoms with Crippen LogP contribution in [0.5, 0.6) is 0 Å². The van der Waals surface area contributed by atoms with E-state index in [0.29, 0.717) is 0 Å². The molecule has 1 N–H and O–H groups in total. The van der Waals surface area contributed by atoms with Crippen LogP contribution >= 0.6 is 0 Å². The summed E-state index contributed by atoms with van der Waals surface area (Å²) < 4.78 is 29.3. The van der Waals surface area contributed by atoms with Gasteiger partial charge in [0.05, 0.1) is 18.1 Å². The minimum absolute atomic E-state index is 0.0866. The third-order valence-corrected chi connectivity index (χ3v) is 4.52. The summed E-state index contributed by atoms with van der Waals surface area (Å²) in [5.41, 5.74) is 1.82. The minimum Gasteiger partial charge on any atom is -0.396 e. The maximum absolute atomic E-state index is 12.1. The second-order valence-corrected chi connectivity index (χ2v) is 6.46. The average molecular weight is 306 g/mol. The zero-order valence-corrected chi connectivity index (χ0v) is 12.6. The molecule has 0 aliphatic heterocycles. The third-order valence-electron chi connectivity index (χ3n) is 3.23. The fourth-order valence-electron chi connectivity index (χ4n) is 1.92. The molecule has 0 aliphatic rings. The van der Waals surface area contributed by atoms with Crippen molar-refractivity contribution in [3.8, 4) is 0 Å². The van der Waals surface area contributed by atoms with Crippen LogP contribution < -0.4 is 0 Å². The van der Waals surface area contributed by atoms with Crippen LogP contribution in [0.15, 0.2) is 59.5 Å². The van der Waals surface area contributed by atoms with Crippen molar-refractivity contribution in [2.75, 3.05) is 13.2 Å². The Morgan fingerprint density at radius 1 is 1.05 bits per heavy atom. The van der Waals surface area contributed by atoms with Crippen LogP contribution in [0.3, 0.4) is 0 Å². The third kappa shape index (κ3) is 4.14. The van der Waals surface area contributed by atoms with Crippen molar-refractivity contribution in [1.82, 2.24) is 0 Å². The first kappa shape index (κ1) is 15.7. The molecule has 0 aliphatic carbocycles. The number of rotatable bonds is 6. The van der Waals surface area contributed by atoms with E-state index in [-0.39, 0.29) is 24.0 Å². The van der Waals surface area contributed by atoms with Crippen molar-refractivity contribution in [2.45, 2.75) is 17.7 Å². The maximum Gasteiger partial charge on any atom is 0.296 e. The predicted octanol–water partition coefficient (Wildman–Crippen LogP) is 2.48. The zero-order chi connectivity index (χ0) is 15.3. The van der Waals surface area contributed by atoms with E-state index < -0.39 is 10.1 Å². The van der Waals surface area contributed by atoms with Gasteiger partial charge in [-0.3, -0.25) is 4.18 Å². The Hall–Kier alpha value is -1.69. The summed E-state index contributed by atoms with van der Waals surface area (Å²) in [6.07, 6.45) is 0. The van der Waals surface area contributed by atoms with E-state index in [1.165, 1.54) is 12.1 Å². The van der Waals surface area contributed by atoms with Gasteiger partial charge in [-0.1, -0.05) is 48.0 Å². The number of aliphatic hydroxyl groups excluding tert-OH is 1. The van der Waals surface area contributed by atoms with E-state index in [9.17, 15) is 13.5 Å². The van der Waals surface area contributed by atoms with Gasteiger partial charge in [-0.15, -0.1) is 0 Å². The minimum atomic E-state index is -3.80. The van der Waals surface area contributed by atoms with E-state index in [4.69, 9.17) is 4.18 Å². The molecule has 0 aromatic heterocycles. The molecular weight excluding hydrogens is 288 g/mol. The highest BCUT2D eigenvalue weighted by Gasteiger charge is 2.19. The quantitative estimate of drug-likeness (QED) is 0.833. The summed E-state index contributed by atoms with van der Waals surface area (Å²) in [5.74, 6) is -0.369. The van der Waals surface area contributed by atoms with Gasteiger partial charge in [0.25, 0.3) is 10.1 Å². The molecule has 0 amide bonds. The Morgan fingerprint density at radius 3 is 2.24 bits per heavy atom. The predicted molar refractivity (Wildman–Crippen MR) is 80.6 cm³/mol. The molecule has 2 aromatic rings. The van der Waals surface area contributed by atoms with Crippen molar-refractivity contribution in [1.29, 1.82) is 0 Å². The molecule has 0 radical (unpaired) electrons. The fraction of sp³-hybridized carbons (Fsp3) is 0.250. The Morgan fingerprint density at radius 2 is 1.67 bits per heavy atom. The van der Waals surface area contributed by atoms with Crippen LogP contribution in [0, 0.1) is 6.92 Å². The molecule has 0 heterocycles. The van der Waals surface area contributed by atoms with Gasteiger partial charge in [-0.25, -0.2) is 0 Å².